The zero-order valence-electron chi connectivity index (χ0n) is 11.5. The van der Waals surface area contributed by atoms with Gasteiger partial charge in [0.15, 0.2) is 5.82 Å². The van der Waals surface area contributed by atoms with Crippen molar-refractivity contribution in [2.24, 2.45) is 0 Å². The normalized spacial score (nSPS) is 14.5. The Morgan fingerprint density at radius 2 is 2.29 bits per heavy atom. The van der Waals surface area contributed by atoms with Crippen LogP contribution in [0.5, 0.6) is 0 Å². The highest BCUT2D eigenvalue weighted by molar-refractivity contribution is 6.31. The maximum atomic E-state index is 9.30. The third-order valence-electron chi connectivity index (χ3n) is 3.56. The lowest BCUT2D eigenvalue weighted by atomic mass is 10.2. The first-order chi connectivity index (χ1) is 10.1. The van der Waals surface area contributed by atoms with Gasteiger partial charge >= 0.3 is 0 Å². The molecular formula is C14H15ClN6. The van der Waals surface area contributed by atoms with E-state index in [-0.39, 0.29) is 6.04 Å². The summed E-state index contributed by atoms with van der Waals surface area (Å²) in [5.74, 6) is 0.824. The molecule has 0 spiro atoms. The number of nitrogens with one attached hydrogen (secondary N) is 2. The maximum absolute atomic E-state index is 9.30. The molecule has 3 rings (SSSR count). The Kier molecular flexibility index (Phi) is 3.45. The van der Waals surface area contributed by atoms with Crippen LogP contribution in [0.25, 0.3) is 5.69 Å². The number of rotatable bonds is 3. The Morgan fingerprint density at radius 3 is 2.86 bits per heavy atom. The second-order valence-electron chi connectivity index (χ2n) is 5.07. The first-order valence-electron chi connectivity index (χ1n) is 6.62. The fourth-order valence-corrected chi connectivity index (χ4v) is 2.31. The van der Waals surface area contributed by atoms with Crippen molar-refractivity contribution in [2.75, 3.05) is 24.1 Å². The lowest BCUT2D eigenvalue weighted by molar-refractivity contribution is 0.470. The van der Waals surface area contributed by atoms with E-state index in [0.29, 0.717) is 22.2 Å². The molecule has 7 heteroatoms. The molecule has 2 heterocycles. The van der Waals surface area contributed by atoms with Crippen LogP contribution in [-0.2, 0) is 0 Å². The SMILES string of the molecule is Cc1ccc(-n2nc(NC3CNC3)c(C#N)c2N)cc1Cl. The van der Waals surface area contributed by atoms with E-state index < -0.39 is 0 Å². The minimum atomic E-state index is 0.279. The molecule has 0 bridgehead atoms. The topological polar surface area (TPSA) is 91.7 Å². The number of nitriles is 1. The highest BCUT2D eigenvalue weighted by Crippen LogP contribution is 2.27. The van der Waals surface area contributed by atoms with Gasteiger partial charge in [0, 0.05) is 18.1 Å². The summed E-state index contributed by atoms with van der Waals surface area (Å²) in [6, 6.07) is 7.95. The molecule has 0 amide bonds. The summed E-state index contributed by atoms with van der Waals surface area (Å²) in [5.41, 5.74) is 8.12. The number of benzene rings is 1. The van der Waals surface area contributed by atoms with E-state index >= 15 is 0 Å². The van der Waals surface area contributed by atoms with E-state index in [1.807, 2.05) is 19.1 Å². The van der Waals surface area contributed by atoms with Crippen LogP contribution in [0.4, 0.5) is 11.6 Å². The molecule has 1 aromatic carbocycles. The number of anilines is 2. The quantitative estimate of drug-likeness (QED) is 0.802. The Hall–Kier alpha value is -2.23. The Bertz CT molecular complexity index is 726. The van der Waals surface area contributed by atoms with Gasteiger partial charge in [-0.05, 0) is 24.6 Å². The predicted molar refractivity (Wildman–Crippen MR) is 82.7 cm³/mol. The minimum absolute atomic E-state index is 0.279. The lowest BCUT2D eigenvalue weighted by Gasteiger charge is -2.27. The first-order valence-corrected chi connectivity index (χ1v) is 7.00. The van der Waals surface area contributed by atoms with Crippen molar-refractivity contribution in [3.63, 3.8) is 0 Å². The van der Waals surface area contributed by atoms with E-state index in [2.05, 4.69) is 21.8 Å². The van der Waals surface area contributed by atoms with Gasteiger partial charge in [-0.3, -0.25) is 0 Å². The van der Waals surface area contributed by atoms with Crippen molar-refractivity contribution in [1.29, 1.82) is 5.26 Å². The van der Waals surface area contributed by atoms with Crippen molar-refractivity contribution >= 4 is 23.2 Å². The summed E-state index contributed by atoms with van der Waals surface area (Å²) >= 11 is 6.14. The number of hydrogen-bond donors (Lipinski definition) is 3. The number of nitrogens with two attached hydrogens (primary N) is 1. The molecular weight excluding hydrogens is 288 g/mol. The highest BCUT2D eigenvalue weighted by atomic mass is 35.5. The molecule has 1 fully saturated rings. The molecule has 0 atom stereocenters. The summed E-state index contributed by atoms with van der Waals surface area (Å²) < 4.78 is 1.54. The predicted octanol–water partition coefficient (Wildman–Crippen LogP) is 1.67. The first kappa shape index (κ1) is 13.7. The van der Waals surface area contributed by atoms with E-state index in [1.165, 1.54) is 4.68 Å². The molecule has 4 N–H and O–H groups in total. The summed E-state index contributed by atoms with van der Waals surface area (Å²) in [7, 11) is 0. The van der Waals surface area contributed by atoms with Crippen LogP contribution >= 0.6 is 11.6 Å². The van der Waals surface area contributed by atoms with E-state index in [0.717, 1.165) is 24.3 Å². The summed E-state index contributed by atoms with van der Waals surface area (Å²) in [4.78, 5) is 0. The molecule has 1 saturated heterocycles. The number of nitrogens with zero attached hydrogens (tertiary/aromatic N) is 3. The molecule has 21 heavy (non-hydrogen) atoms. The van der Waals surface area contributed by atoms with Gasteiger partial charge in [-0.1, -0.05) is 17.7 Å². The molecule has 6 nitrogen and oxygen atoms in total. The minimum Gasteiger partial charge on any atom is -0.382 e. The van der Waals surface area contributed by atoms with E-state index in [4.69, 9.17) is 17.3 Å². The van der Waals surface area contributed by atoms with E-state index in [9.17, 15) is 5.26 Å². The second-order valence-corrected chi connectivity index (χ2v) is 5.47. The van der Waals surface area contributed by atoms with Crippen LogP contribution in [0.2, 0.25) is 5.02 Å². The van der Waals surface area contributed by atoms with Crippen LogP contribution < -0.4 is 16.4 Å². The molecule has 108 valence electrons. The molecule has 1 aliphatic rings. The van der Waals surface area contributed by atoms with Gasteiger partial charge < -0.3 is 16.4 Å². The van der Waals surface area contributed by atoms with Gasteiger partial charge in [0.2, 0.25) is 0 Å². The van der Waals surface area contributed by atoms with Crippen LogP contribution in [-0.4, -0.2) is 28.9 Å². The van der Waals surface area contributed by atoms with Crippen LogP contribution in [0.15, 0.2) is 18.2 Å². The van der Waals surface area contributed by atoms with Gasteiger partial charge in [-0.15, -0.1) is 5.10 Å². The van der Waals surface area contributed by atoms with E-state index in [1.54, 1.807) is 6.07 Å². The molecule has 0 unspecified atom stereocenters. The summed E-state index contributed by atoms with van der Waals surface area (Å²) in [6.07, 6.45) is 0. The summed E-state index contributed by atoms with van der Waals surface area (Å²) in [5, 5.41) is 20.7. The smallest absolute Gasteiger partial charge is 0.169 e. The highest BCUT2D eigenvalue weighted by Gasteiger charge is 2.22. The van der Waals surface area contributed by atoms with Crippen molar-refractivity contribution < 1.29 is 0 Å². The Labute approximate surface area is 127 Å². The lowest BCUT2D eigenvalue weighted by Crippen LogP contribution is -2.51. The largest absolute Gasteiger partial charge is 0.382 e. The van der Waals surface area contributed by atoms with Crippen LogP contribution in [0, 0.1) is 18.3 Å². The van der Waals surface area contributed by atoms with Crippen molar-refractivity contribution in [2.45, 2.75) is 13.0 Å². The number of nitrogen functional groups attached to an aromatic ring is 1. The third-order valence-corrected chi connectivity index (χ3v) is 3.96. The molecule has 1 aromatic heterocycles. The average molecular weight is 303 g/mol. The molecule has 0 aliphatic carbocycles. The average Bonchev–Trinajstić information content (AvgIpc) is 2.73. The number of aromatic nitrogens is 2. The van der Waals surface area contributed by atoms with Gasteiger partial charge in [0.25, 0.3) is 0 Å². The second kappa shape index (κ2) is 5.28. The zero-order chi connectivity index (χ0) is 15.0. The molecule has 1 aliphatic heterocycles. The van der Waals surface area contributed by atoms with Crippen molar-refractivity contribution in [1.82, 2.24) is 15.1 Å². The number of halogens is 1. The fourth-order valence-electron chi connectivity index (χ4n) is 2.14. The maximum Gasteiger partial charge on any atom is 0.169 e. The fraction of sp³-hybridized carbons (Fsp3) is 0.286. The van der Waals surface area contributed by atoms with Crippen molar-refractivity contribution in [3.8, 4) is 11.8 Å². The van der Waals surface area contributed by atoms with Gasteiger partial charge in [-0.25, -0.2) is 4.68 Å². The molecule has 2 aromatic rings. The van der Waals surface area contributed by atoms with Gasteiger partial charge in [0.1, 0.15) is 17.5 Å². The standard InChI is InChI=1S/C14H15ClN6/c1-8-2-3-10(4-12(8)15)21-13(17)11(5-16)14(20-21)19-9-6-18-7-9/h2-4,9,18H,6-7,17H2,1H3,(H,19,20). The van der Waals surface area contributed by atoms with Gasteiger partial charge in [0.05, 0.1) is 11.7 Å². The van der Waals surface area contributed by atoms with Gasteiger partial charge in [-0.2, -0.15) is 5.26 Å². The zero-order valence-corrected chi connectivity index (χ0v) is 12.3. The molecule has 0 radical (unpaired) electrons. The third kappa shape index (κ3) is 2.42. The van der Waals surface area contributed by atoms with Crippen LogP contribution in [0.3, 0.4) is 0 Å². The Morgan fingerprint density at radius 1 is 1.52 bits per heavy atom. The number of aryl methyl sites for hydroxylation is 1. The Balaban J connectivity index is 2.02. The van der Waals surface area contributed by atoms with Crippen molar-refractivity contribution in [3.05, 3.63) is 34.3 Å². The van der Waals surface area contributed by atoms with Crippen LogP contribution in [0.1, 0.15) is 11.1 Å². The monoisotopic (exact) mass is 302 g/mol. The number of hydrogen-bond acceptors (Lipinski definition) is 5. The molecule has 0 saturated carbocycles. The summed E-state index contributed by atoms with van der Waals surface area (Å²) in [6.45, 7) is 3.64.